The van der Waals surface area contributed by atoms with E-state index in [2.05, 4.69) is 15.5 Å². The van der Waals surface area contributed by atoms with Crippen LogP contribution in [-0.2, 0) is 4.79 Å². The van der Waals surface area contributed by atoms with Gasteiger partial charge in [0, 0.05) is 11.6 Å². The van der Waals surface area contributed by atoms with E-state index < -0.39 is 17.7 Å². The van der Waals surface area contributed by atoms with Crippen molar-refractivity contribution in [3.8, 4) is 0 Å². The van der Waals surface area contributed by atoms with Crippen molar-refractivity contribution in [2.75, 3.05) is 11.5 Å². The van der Waals surface area contributed by atoms with Crippen LogP contribution < -0.4 is 5.32 Å². The molecule has 0 aliphatic heterocycles. The highest BCUT2D eigenvalue weighted by Gasteiger charge is 2.15. The smallest absolute Gasteiger partial charge is 0.230 e. The minimum absolute atomic E-state index is 0.165. The van der Waals surface area contributed by atoms with Gasteiger partial charge in [-0.1, -0.05) is 47.9 Å². The molecule has 1 amide bonds. The van der Waals surface area contributed by atoms with Gasteiger partial charge in [0.1, 0.15) is 11.6 Å². The maximum Gasteiger partial charge on any atom is 0.230 e. The quantitative estimate of drug-likeness (QED) is 0.744. The predicted octanol–water partition coefficient (Wildman–Crippen LogP) is 3.90. The number of thioether (sulfide) groups is 2. The van der Waals surface area contributed by atoms with Crippen LogP contribution >= 0.6 is 34.9 Å². The van der Waals surface area contributed by atoms with Crippen molar-refractivity contribution in [2.24, 2.45) is 0 Å². The molecule has 23 heavy (non-hydrogen) atoms. The second-order valence-corrected chi connectivity index (χ2v) is 8.22. The number of carbonyl (C=O) groups excluding carboxylic acids is 1. The molecule has 4 nitrogen and oxygen atoms in total. The molecule has 0 saturated heterocycles. The van der Waals surface area contributed by atoms with Crippen LogP contribution in [0, 0.1) is 11.6 Å². The molecule has 0 aliphatic carbocycles. The highest BCUT2D eigenvalue weighted by atomic mass is 32.2. The van der Waals surface area contributed by atoms with Crippen molar-refractivity contribution in [1.82, 2.24) is 15.5 Å². The summed E-state index contributed by atoms with van der Waals surface area (Å²) in [6.45, 7) is 3.68. The summed E-state index contributed by atoms with van der Waals surface area (Å²) >= 11 is 4.33. The van der Waals surface area contributed by atoms with Crippen molar-refractivity contribution < 1.29 is 13.6 Å². The molecule has 0 bridgehead atoms. The molecular weight excluding hydrogens is 360 g/mol. The Hall–Kier alpha value is -1.19. The summed E-state index contributed by atoms with van der Waals surface area (Å²) in [7, 11) is 0. The molecular formula is C14H15F2N3OS3. The second kappa shape index (κ2) is 8.60. The number of carbonyl (C=O) groups is 1. The van der Waals surface area contributed by atoms with Gasteiger partial charge >= 0.3 is 0 Å². The number of nitrogens with one attached hydrogen (secondary N) is 1. The molecule has 0 saturated carbocycles. The molecule has 1 aromatic carbocycles. The number of hydrogen-bond donors (Lipinski definition) is 1. The van der Waals surface area contributed by atoms with Gasteiger partial charge in [-0.15, -0.1) is 10.2 Å². The summed E-state index contributed by atoms with van der Waals surface area (Å²) in [6, 6.07) is 2.77. The van der Waals surface area contributed by atoms with Crippen LogP contribution in [0.1, 0.15) is 25.5 Å². The largest absolute Gasteiger partial charge is 0.349 e. The zero-order valence-electron chi connectivity index (χ0n) is 12.5. The number of amides is 1. The summed E-state index contributed by atoms with van der Waals surface area (Å²) < 4.78 is 28.1. The van der Waals surface area contributed by atoms with Gasteiger partial charge in [-0.05, 0) is 18.7 Å². The Balaban J connectivity index is 1.86. The molecule has 1 aromatic heterocycles. The van der Waals surface area contributed by atoms with Crippen LogP contribution in [0.4, 0.5) is 8.78 Å². The Labute approximate surface area is 145 Å². The fourth-order valence-electron chi connectivity index (χ4n) is 1.78. The Morgan fingerprint density at radius 1 is 1.30 bits per heavy atom. The first-order valence-corrected chi connectivity index (χ1v) is 9.61. The van der Waals surface area contributed by atoms with Gasteiger partial charge in [-0.2, -0.15) is 0 Å². The standard InChI is InChI=1S/C14H15F2N3OS3/c1-3-21-13-18-19-14(23-13)22-7-12(20)17-8(2)10-5-4-9(15)6-11(10)16/h4-6,8H,3,7H2,1-2H3,(H,17,20)/t8-/m1/s1. The topological polar surface area (TPSA) is 54.9 Å². The molecule has 2 rings (SSSR count). The maximum absolute atomic E-state index is 13.7. The van der Waals surface area contributed by atoms with E-state index in [0.29, 0.717) is 0 Å². The highest BCUT2D eigenvalue weighted by molar-refractivity contribution is 8.03. The number of halogens is 2. The summed E-state index contributed by atoms with van der Waals surface area (Å²) in [5, 5.41) is 10.7. The third-order valence-electron chi connectivity index (χ3n) is 2.79. The molecule has 0 unspecified atom stereocenters. The van der Waals surface area contributed by atoms with Crippen molar-refractivity contribution >= 4 is 40.8 Å². The first kappa shape index (κ1) is 18.2. The van der Waals surface area contributed by atoms with Crippen LogP contribution in [-0.4, -0.2) is 27.6 Å². The lowest BCUT2D eigenvalue weighted by atomic mass is 10.1. The molecule has 0 spiro atoms. The van der Waals surface area contributed by atoms with Gasteiger partial charge in [-0.3, -0.25) is 4.79 Å². The first-order chi connectivity index (χ1) is 11.0. The molecule has 1 heterocycles. The fourth-order valence-corrected chi connectivity index (χ4v) is 4.51. The van der Waals surface area contributed by atoms with Gasteiger partial charge in [0.25, 0.3) is 0 Å². The van der Waals surface area contributed by atoms with Crippen LogP contribution in [0.15, 0.2) is 26.9 Å². The Bertz CT molecular complexity index is 681. The molecule has 0 fully saturated rings. The van der Waals surface area contributed by atoms with Crippen molar-refractivity contribution in [3.05, 3.63) is 35.4 Å². The highest BCUT2D eigenvalue weighted by Crippen LogP contribution is 2.28. The summed E-state index contributed by atoms with van der Waals surface area (Å²) in [5.74, 6) is -0.474. The molecule has 9 heteroatoms. The predicted molar refractivity (Wildman–Crippen MR) is 89.9 cm³/mol. The summed E-state index contributed by atoms with van der Waals surface area (Å²) in [5.41, 5.74) is 0.252. The van der Waals surface area contributed by atoms with Gasteiger partial charge in [0.05, 0.1) is 11.8 Å². The Morgan fingerprint density at radius 3 is 2.65 bits per heavy atom. The molecule has 1 N–H and O–H groups in total. The van der Waals surface area contributed by atoms with Crippen molar-refractivity contribution in [2.45, 2.75) is 28.6 Å². The summed E-state index contributed by atoms with van der Waals surface area (Å²) in [6.07, 6.45) is 0. The number of nitrogens with zero attached hydrogens (tertiary/aromatic N) is 2. The van der Waals surface area contributed by atoms with E-state index in [9.17, 15) is 13.6 Å². The van der Waals surface area contributed by atoms with E-state index in [1.165, 1.54) is 35.2 Å². The second-order valence-electron chi connectivity index (χ2n) is 4.51. The van der Waals surface area contributed by atoms with Crippen molar-refractivity contribution in [3.63, 3.8) is 0 Å². The molecule has 124 valence electrons. The molecule has 0 aliphatic rings. The van der Waals surface area contributed by atoms with Gasteiger partial charge in [0.2, 0.25) is 5.91 Å². The van der Waals surface area contributed by atoms with E-state index >= 15 is 0 Å². The van der Waals surface area contributed by atoms with Crippen LogP contribution in [0.5, 0.6) is 0 Å². The van der Waals surface area contributed by atoms with E-state index in [1.54, 1.807) is 18.7 Å². The Morgan fingerprint density at radius 2 is 2.00 bits per heavy atom. The van der Waals surface area contributed by atoms with Gasteiger partial charge in [-0.25, -0.2) is 8.78 Å². The molecule has 2 aromatic rings. The zero-order valence-corrected chi connectivity index (χ0v) is 15.0. The molecule has 1 atom stereocenters. The van der Waals surface area contributed by atoms with Crippen LogP contribution in [0.3, 0.4) is 0 Å². The lowest BCUT2D eigenvalue weighted by molar-refractivity contribution is -0.119. The molecule has 0 radical (unpaired) electrons. The van der Waals surface area contributed by atoms with Gasteiger partial charge < -0.3 is 5.32 Å². The van der Waals surface area contributed by atoms with E-state index in [-0.39, 0.29) is 17.2 Å². The minimum atomic E-state index is -0.671. The average Bonchev–Trinajstić information content (AvgIpc) is 2.93. The van der Waals surface area contributed by atoms with E-state index in [1.807, 2.05) is 6.92 Å². The average molecular weight is 375 g/mol. The monoisotopic (exact) mass is 375 g/mol. The fraction of sp³-hybridized carbons (Fsp3) is 0.357. The third kappa shape index (κ3) is 5.43. The minimum Gasteiger partial charge on any atom is -0.349 e. The van der Waals surface area contributed by atoms with Crippen LogP contribution in [0.25, 0.3) is 0 Å². The Kier molecular flexibility index (Phi) is 6.79. The van der Waals surface area contributed by atoms with Crippen molar-refractivity contribution in [1.29, 1.82) is 0 Å². The number of rotatable bonds is 7. The lowest BCUT2D eigenvalue weighted by Crippen LogP contribution is -2.28. The SMILES string of the molecule is CCSc1nnc(SCC(=O)N[C@H](C)c2ccc(F)cc2F)s1. The van der Waals surface area contributed by atoms with Gasteiger partial charge in [0.15, 0.2) is 8.68 Å². The number of benzene rings is 1. The van der Waals surface area contributed by atoms with E-state index in [4.69, 9.17) is 0 Å². The van der Waals surface area contributed by atoms with E-state index in [0.717, 1.165) is 20.5 Å². The third-order valence-corrected chi connectivity index (χ3v) is 5.86. The number of aromatic nitrogens is 2. The normalized spacial score (nSPS) is 12.2. The first-order valence-electron chi connectivity index (χ1n) is 6.83. The number of hydrogen-bond acceptors (Lipinski definition) is 6. The zero-order chi connectivity index (χ0) is 16.8. The summed E-state index contributed by atoms with van der Waals surface area (Å²) in [4.78, 5) is 11.9. The van der Waals surface area contributed by atoms with Crippen LogP contribution in [0.2, 0.25) is 0 Å². The maximum atomic E-state index is 13.7. The lowest BCUT2D eigenvalue weighted by Gasteiger charge is -2.14.